The number of ether oxygens (including phenoxy) is 1. The Morgan fingerprint density at radius 2 is 1.74 bits per heavy atom. The maximum absolute atomic E-state index is 14.1. The average Bonchev–Trinajstić information content (AvgIpc) is 3.19. The number of nitrogens with one attached hydrogen (secondary N) is 1. The number of aromatic nitrogens is 1. The fraction of sp³-hybridized carbons (Fsp3) is 0.448. The van der Waals surface area contributed by atoms with Crippen LogP contribution in [0.15, 0.2) is 48.5 Å². The number of hydrogen-bond acceptors (Lipinski definition) is 3. The van der Waals surface area contributed by atoms with Gasteiger partial charge in [-0.25, -0.2) is 0 Å². The van der Waals surface area contributed by atoms with E-state index in [1.54, 1.807) is 12.0 Å². The number of rotatable bonds is 4. The van der Waals surface area contributed by atoms with Crippen molar-refractivity contribution in [1.29, 1.82) is 0 Å². The first-order chi connectivity index (χ1) is 16.9. The molecule has 1 atom stereocenters. The highest BCUT2D eigenvalue weighted by Crippen LogP contribution is 2.38. The minimum atomic E-state index is -1.08. The molecule has 1 aliphatic carbocycles. The van der Waals surface area contributed by atoms with Gasteiger partial charge in [-0.2, -0.15) is 0 Å². The summed E-state index contributed by atoms with van der Waals surface area (Å²) in [6.07, 6.45) is 7.98. The van der Waals surface area contributed by atoms with E-state index in [4.69, 9.17) is 4.74 Å². The van der Waals surface area contributed by atoms with E-state index in [-0.39, 0.29) is 17.9 Å². The molecular weight excluding hydrogens is 438 g/mol. The first-order valence-electron chi connectivity index (χ1n) is 12.8. The van der Waals surface area contributed by atoms with Crippen LogP contribution in [0, 0.1) is 6.92 Å². The first-order valence-corrected chi connectivity index (χ1v) is 12.8. The van der Waals surface area contributed by atoms with E-state index in [9.17, 15) is 9.59 Å². The van der Waals surface area contributed by atoms with Crippen LogP contribution in [0.2, 0.25) is 0 Å². The van der Waals surface area contributed by atoms with Crippen molar-refractivity contribution in [2.75, 3.05) is 12.0 Å². The van der Waals surface area contributed by atoms with Crippen LogP contribution in [-0.4, -0.2) is 35.1 Å². The fourth-order valence-electron chi connectivity index (χ4n) is 5.73. The van der Waals surface area contributed by atoms with E-state index in [0.717, 1.165) is 53.6 Å². The lowest BCUT2D eigenvalue weighted by molar-refractivity contribution is -0.127. The molecule has 2 amide bonds. The number of carbonyl (C=O) groups excluding carboxylic acids is 2. The van der Waals surface area contributed by atoms with Crippen LogP contribution in [0.3, 0.4) is 0 Å². The maximum Gasteiger partial charge on any atom is 0.275 e. The number of carbonyl (C=O) groups is 2. The third-order valence-corrected chi connectivity index (χ3v) is 7.78. The Balaban J connectivity index is 1.59. The van der Waals surface area contributed by atoms with Gasteiger partial charge in [0.1, 0.15) is 17.0 Å². The third kappa shape index (κ3) is 4.19. The van der Waals surface area contributed by atoms with E-state index >= 15 is 0 Å². The van der Waals surface area contributed by atoms with Gasteiger partial charge in [-0.1, -0.05) is 50.3 Å². The van der Waals surface area contributed by atoms with E-state index in [1.807, 2.05) is 66.9 Å². The zero-order valence-electron chi connectivity index (χ0n) is 21.0. The number of fused-ring (bicyclic) bond motifs is 3. The van der Waals surface area contributed by atoms with Crippen molar-refractivity contribution < 1.29 is 14.3 Å². The molecule has 0 bridgehead atoms. The lowest BCUT2D eigenvalue weighted by Crippen LogP contribution is -2.65. The SMILES string of the molecule is COc1ccc2cc3n(c2c1)C[C@@](C)(C(=O)NC1CCCCCCC1)N(c1ccccc1C)C3=O. The molecule has 35 heavy (non-hydrogen) atoms. The minimum absolute atomic E-state index is 0.0879. The Bertz CT molecular complexity index is 1260. The predicted octanol–water partition coefficient (Wildman–Crippen LogP) is 5.61. The van der Waals surface area contributed by atoms with Crippen LogP contribution in [-0.2, 0) is 11.3 Å². The van der Waals surface area contributed by atoms with Crippen molar-refractivity contribution in [3.63, 3.8) is 0 Å². The second-order valence-corrected chi connectivity index (χ2v) is 10.3. The van der Waals surface area contributed by atoms with Crippen molar-refractivity contribution in [2.45, 2.75) is 76.9 Å². The first kappa shape index (κ1) is 23.5. The summed E-state index contributed by atoms with van der Waals surface area (Å²) in [7, 11) is 1.64. The topological polar surface area (TPSA) is 63.6 Å². The number of amides is 2. The van der Waals surface area contributed by atoms with E-state index in [1.165, 1.54) is 19.3 Å². The highest BCUT2D eigenvalue weighted by atomic mass is 16.5. The summed E-state index contributed by atoms with van der Waals surface area (Å²) in [4.78, 5) is 29.9. The number of methoxy groups -OCH3 is 1. The van der Waals surface area contributed by atoms with Gasteiger partial charge in [0.15, 0.2) is 0 Å². The number of para-hydroxylation sites is 1. The molecule has 0 spiro atoms. The van der Waals surface area contributed by atoms with Gasteiger partial charge in [0.25, 0.3) is 5.91 Å². The Hall–Kier alpha value is -3.28. The van der Waals surface area contributed by atoms with Crippen LogP contribution in [0.5, 0.6) is 5.75 Å². The number of hydrogen-bond donors (Lipinski definition) is 1. The Kier molecular flexibility index (Phi) is 6.30. The maximum atomic E-state index is 14.1. The summed E-state index contributed by atoms with van der Waals surface area (Å²) in [5.41, 5.74) is 2.17. The van der Waals surface area contributed by atoms with Crippen LogP contribution in [0.25, 0.3) is 10.9 Å². The highest BCUT2D eigenvalue weighted by Gasteiger charge is 2.49. The Morgan fingerprint density at radius 3 is 2.46 bits per heavy atom. The molecule has 6 nitrogen and oxygen atoms in total. The fourth-order valence-corrected chi connectivity index (χ4v) is 5.73. The molecule has 1 fully saturated rings. The van der Waals surface area contributed by atoms with Gasteiger partial charge in [-0.3, -0.25) is 14.5 Å². The normalized spacial score (nSPS) is 21.3. The second-order valence-electron chi connectivity index (χ2n) is 10.3. The molecular formula is C29H35N3O3. The smallest absolute Gasteiger partial charge is 0.275 e. The van der Waals surface area contributed by atoms with Gasteiger partial charge >= 0.3 is 0 Å². The molecule has 2 aromatic carbocycles. The summed E-state index contributed by atoms with van der Waals surface area (Å²) >= 11 is 0. The molecule has 2 heterocycles. The molecule has 2 aliphatic rings. The zero-order valence-corrected chi connectivity index (χ0v) is 21.0. The lowest BCUT2D eigenvalue weighted by Gasteiger charge is -2.45. The number of anilines is 1. The number of aryl methyl sites for hydroxylation is 1. The molecule has 3 aromatic rings. The molecule has 1 aliphatic heterocycles. The molecule has 6 heteroatoms. The van der Waals surface area contributed by atoms with Gasteiger partial charge in [0.05, 0.1) is 19.2 Å². The molecule has 1 saturated carbocycles. The van der Waals surface area contributed by atoms with E-state index in [0.29, 0.717) is 12.2 Å². The van der Waals surface area contributed by atoms with Crippen molar-refractivity contribution in [3.8, 4) is 5.75 Å². The molecule has 0 saturated heterocycles. The standard InChI is InChI=1S/C29H35N3O3/c1-20-11-9-10-14-24(20)32-27(33)26-17-21-15-16-23(35-3)18-25(21)31(26)19-29(32,2)28(34)30-22-12-7-5-4-6-8-13-22/h9-11,14-18,22H,4-8,12-13,19H2,1-3H3,(H,30,34)/t29-/m0/s1. The second kappa shape index (κ2) is 9.40. The van der Waals surface area contributed by atoms with E-state index in [2.05, 4.69) is 5.32 Å². The Labute approximate surface area is 207 Å². The van der Waals surface area contributed by atoms with Crippen molar-refractivity contribution in [2.24, 2.45) is 0 Å². The summed E-state index contributed by atoms with van der Waals surface area (Å²) in [6, 6.07) is 15.7. The molecule has 5 rings (SSSR count). The monoisotopic (exact) mass is 473 g/mol. The molecule has 1 aromatic heterocycles. The Morgan fingerprint density at radius 1 is 1.03 bits per heavy atom. The zero-order chi connectivity index (χ0) is 24.6. The molecule has 184 valence electrons. The average molecular weight is 474 g/mol. The molecule has 1 N–H and O–H groups in total. The third-order valence-electron chi connectivity index (χ3n) is 7.78. The van der Waals surface area contributed by atoms with Gasteiger partial charge in [0, 0.05) is 23.2 Å². The molecule has 0 unspecified atom stereocenters. The molecule has 0 radical (unpaired) electrons. The summed E-state index contributed by atoms with van der Waals surface area (Å²) in [6.45, 7) is 4.27. The van der Waals surface area contributed by atoms with Crippen LogP contribution >= 0.6 is 0 Å². The number of benzene rings is 2. The quantitative estimate of drug-likeness (QED) is 0.536. The summed E-state index contributed by atoms with van der Waals surface area (Å²) < 4.78 is 7.44. The van der Waals surface area contributed by atoms with Crippen molar-refractivity contribution in [3.05, 3.63) is 59.8 Å². The largest absolute Gasteiger partial charge is 0.497 e. The number of nitrogens with zero attached hydrogens (tertiary/aromatic N) is 2. The van der Waals surface area contributed by atoms with E-state index < -0.39 is 5.54 Å². The van der Waals surface area contributed by atoms with Gasteiger partial charge in [0.2, 0.25) is 5.91 Å². The highest BCUT2D eigenvalue weighted by molar-refractivity contribution is 6.14. The summed E-state index contributed by atoms with van der Waals surface area (Å²) in [5, 5.41) is 4.32. The van der Waals surface area contributed by atoms with Gasteiger partial charge < -0.3 is 14.6 Å². The lowest BCUT2D eigenvalue weighted by atomic mass is 9.91. The van der Waals surface area contributed by atoms with Crippen molar-refractivity contribution >= 4 is 28.4 Å². The van der Waals surface area contributed by atoms with Crippen LogP contribution < -0.4 is 15.0 Å². The van der Waals surface area contributed by atoms with Crippen molar-refractivity contribution in [1.82, 2.24) is 9.88 Å². The van der Waals surface area contributed by atoms with Gasteiger partial charge in [-0.05, 0) is 56.5 Å². The van der Waals surface area contributed by atoms with Gasteiger partial charge in [-0.15, -0.1) is 0 Å². The van der Waals surface area contributed by atoms with Crippen LogP contribution in [0.4, 0.5) is 5.69 Å². The summed E-state index contributed by atoms with van der Waals surface area (Å²) in [5.74, 6) is 0.485. The van der Waals surface area contributed by atoms with Crippen LogP contribution in [0.1, 0.15) is 67.9 Å². The minimum Gasteiger partial charge on any atom is -0.497 e. The predicted molar refractivity (Wildman–Crippen MR) is 139 cm³/mol.